The lowest BCUT2D eigenvalue weighted by Crippen LogP contribution is -2.62. The van der Waals surface area contributed by atoms with Gasteiger partial charge in [0.15, 0.2) is 0 Å². The number of nitrogens with one attached hydrogen (secondary N) is 3. The van der Waals surface area contributed by atoms with E-state index in [0.29, 0.717) is 24.8 Å². The largest absolute Gasteiger partial charge is 0.371 e. The topological polar surface area (TPSA) is 141 Å². The Hall–Kier alpha value is -1.28. The van der Waals surface area contributed by atoms with Crippen LogP contribution >= 0.6 is 0 Å². The molecule has 5 fully saturated rings. The van der Waals surface area contributed by atoms with Crippen molar-refractivity contribution in [1.29, 1.82) is 5.26 Å². The van der Waals surface area contributed by atoms with Crippen LogP contribution in [0.15, 0.2) is 0 Å². The average molecular weight is 530 g/mol. The van der Waals surface area contributed by atoms with E-state index in [0.717, 1.165) is 51.9 Å². The fraction of sp³-hybridized carbons (Fsp3) is 0.931. The average Bonchev–Trinajstić information content (AvgIpc) is 3.43. The summed E-state index contributed by atoms with van der Waals surface area (Å²) in [5.74, 6) is 0.353. The number of rotatable bonds is 7. The van der Waals surface area contributed by atoms with Crippen molar-refractivity contribution in [2.24, 2.45) is 34.6 Å². The van der Waals surface area contributed by atoms with Gasteiger partial charge in [-0.15, -0.1) is 0 Å². The van der Waals surface area contributed by atoms with Crippen molar-refractivity contribution in [3.8, 4) is 6.07 Å². The second-order valence-corrected chi connectivity index (χ2v) is 13.1. The van der Waals surface area contributed by atoms with Gasteiger partial charge in [0.1, 0.15) is 0 Å². The zero-order valence-corrected chi connectivity index (χ0v) is 23.2. The summed E-state index contributed by atoms with van der Waals surface area (Å²) in [5, 5.41) is 19.9. The first kappa shape index (κ1) is 28.3. The maximum Gasteiger partial charge on any atom is 0.227 e. The summed E-state index contributed by atoms with van der Waals surface area (Å²) in [6.45, 7) is 5.71. The number of piperidine rings is 2. The quantitative estimate of drug-likeness (QED) is 0.312. The number of amides is 1. The zero-order valence-electron chi connectivity index (χ0n) is 23.2. The van der Waals surface area contributed by atoms with Crippen molar-refractivity contribution < 1.29 is 9.53 Å². The molecule has 9 heteroatoms. The molecule has 9 nitrogen and oxygen atoms in total. The van der Waals surface area contributed by atoms with Gasteiger partial charge in [0.2, 0.25) is 5.91 Å². The molecule has 2 bridgehead atoms. The lowest BCUT2D eigenvalue weighted by atomic mass is 9.67. The van der Waals surface area contributed by atoms with E-state index in [9.17, 15) is 10.1 Å². The van der Waals surface area contributed by atoms with E-state index < -0.39 is 12.1 Å². The number of hydrogen-bond donors (Lipinski definition) is 5. The zero-order chi connectivity index (χ0) is 26.5. The van der Waals surface area contributed by atoms with E-state index in [1.165, 1.54) is 51.5 Å². The fourth-order valence-corrected chi connectivity index (χ4v) is 8.22. The third-order valence-electron chi connectivity index (χ3n) is 10.5. The van der Waals surface area contributed by atoms with E-state index in [1.807, 2.05) is 0 Å². The van der Waals surface area contributed by atoms with Crippen LogP contribution in [-0.4, -0.2) is 80.5 Å². The number of carbonyl (C=O) groups is 1. The van der Waals surface area contributed by atoms with Gasteiger partial charge in [-0.2, -0.15) is 5.26 Å². The molecule has 5 rings (SSSR count). The Balaban J connectivity index is 1.29. The van der Waals surface area contributed by atoms with Gasteiger partial charge in [-0.1, -0.05) is 25.7 Å². The highest BCUT2D eigenvalue weighted by molar-refractivity contribution is 5.80. The number of hydrogen-bond acceptors (Lipinski definition) is 8. The Morgan fingerprint density at radius 1 is 1.08 bits per heavy atom. The Morgan fingerprint density at radius 2 is 1.89 bits per heavy atom. The summed E-state index contributed by atoms with van der Waals surface area (Å²) in [6, 6.07) is 2.21. The van der Waals surface area contributed by atoms with Crippen LogP contribution < -0.4 is 27.4 Å². The summed E-state index contributed by atoms with van der Waals surface area (Å²) in [6.07, 6.45) is 12.8. The van der Waals surface area contributed by atoms with Crippen LogP contribution in [0, 0.1) is 34.5 Å². The monoisotopic (exact) mass is 529 g/mol. The number of ether oxygens (including phenoxy) is 1. The smallest absolute Gasteiger partial charge is 0.227 e. The van der Waals surface area contributed by atoms with Gasteiger partial charge < -0.3 is 37.1 Å². The van der Waals surface area contributed by atoms with Crippen LogP contribution in [0.4, 0.5) is 0 Å². The second kappa shape index (κ2) is 12.9. The molecule has 8 unspecified atom stereocenters. The van der Waals surface area contributed by atoms with Crippen LogP contribution in [0.3, 0.4) is 0 Å². The lowest BCUT2D eigenvalue weighted by Gasteiger charge is -2.43. The Kier molecular flexibility index (Phi) is 9.61. The third-order valence-corrected chi connectivity index (χ3v) is 10.5. The molecule has 8 atom stereocenters. The minimum atomic E-state index is -0.751. The van der Waals surface area contributed by atoms with Crippen molar-refractivity contribution in [3.05, 3.63) is 0 Å². The number of nitrogens with zero attached hydrogens (tertiary/aromatic N) is 2. The Morgan fingerprint density at radius 3 is 2.58 bits per heavy atom. The summed E-state index contributed by atoms with van der Waals surface area (Å²) in [5.41, 5.74) is 13.0. The third kappa shape index (κ3) is 6.71. The van der Waals surface area contributed by atoms with Crippen LogP contribution in [0.5, 0.6) is 0 Å². The van der Waals surface area contributed by atoms with Crippen molar-refractivity contribution in [2.45, 2.75) is 108 Å². The van der Waals surface area contributed by atoms with E-state index in [4.69, 9.17) is 16.2 Å². The van der Waals surface area contributed by atoms with Gasteiger partial charge in [0.25, 0.3) is 0 Å². The van der Waals surface area contributed by atoms with Crippen molar-refractivity contribution >= 4 is 5.91 Å². The maximum absolute atomic E-state index is 14.0. The molecule has 4 saturated heterocycles. The number of nitriles is 1. The lowest BCUT2D eigenvalue weighted by molar-refractivity contribution is -0.130. The molecule has 0 radical (unpaired) electrons. The van der Waals surface area contributed by atoms with Crippen LogP contribution in [0.25, 0.3) is 0 Å². The molecule has 4 aliphatic heterocycles. The van der Waals surface area contributed by atoms with E-state index in [1.54, 1.807) is 0 Å². The minimum absolute atomic E-state index is 0.0129. The highest BCUT2D eigenvalue weighted by Crippen LogP contribution is 2.45. The van der Waals surface area contributed by atoms with Crippen LogP contribution in [-0.2, 0) is 9.53 Å². The summed E-state index contributed by atoms with van der Waals surface area (Å²) in [7, 11) is 0. The molecular formula is C29H51N7O2. The molecule has 4 heterocycles. The molecule has 214 valence electrons. The minimum Gasteiger partial charge on any atom is -0.371 e. The SMILES string of the molecule is N#CCC1CCC2(CCCCCC2)CC(C(C(=O)NC2CNCCC2OC2CN3CCC2C3)C(N)N)NC1. The van der Waals surface area contributed by atoms with Gasteiger partial charge in [-0.3, -0.25) is 4.79 Å². The highest BCUT2D eigenvalue weighted by Gasteiger charge is 2.44. The van der Waals surface area contributed by atoms with Gasteiger partial charge in [-0.25, -0.2) is 0 Å². The van der Waals surface area contributed by atoms with E-state index in [-0.39, 0.29) is 35.6 Å². The first-order valence-corrected chi connectivity index (χ1v) is 15.5. The van der Waals surface area contributed by atoms with Gasteiger partial charge in [0, 0.05) is 38.0 Å². The van der Waals surface area contributed by atoms with Crippen molar-refractivity contribution in [2.75, 3.05) is 39.3 Å². The molecule has 7 N–H and O–H groups in total. The molecular weight excluding hydrogens is 478 g/mol. The molecule has 0 aromatic heterocycles. The number of nitrogens with two attached hydrogens (primary N) is 2. The van der Waals surface area contributed by atoms with Crippen molar-refractivity contribution in [3.63, 3.8) is 0 Å². The Labute approximate surface area is 229 Å². The molecule has 0 aromatic rings. The predicted molar refractivity (Wildman–Crippen MR) is 148 cm³/mol. The fourth-order valence-electron chi connectivity index (χ4n) is 8.22. The van der Waals surface area contributed by atoms with Gasteiger partial charge in [0.05, 0.1) is 36.4 Å². The summed E-state index contributed by atoms with van der Waals surface area (Å²) in [4.78, 5) is 16.4. The maximum atomic E-state index is 14.0. The standard InChI is InChI=1S/C29H51N7O2/c30-12-6-20-5-11-29(9-3-1-2-4-10-29)15-22(34-16-20)26(27(31)32)28(37)35-23-17-33-13-7-24(23)38-25-19-36-14-8-21(25)18-36/h20-27,33-34H,1-11,13-19,31-32H2,(H,35,37). The molecule has 0 aromatic carbocycles. The normalized spacial score (nSPS) is 38.2. The van der Waals surface area contributed by atoms with E-state index >= 15 is 0 Å². The highest BCUT2D eigenvalue weighted by atomic mass is 16.5. The van der Waals surface area contributed by atoms with Crippen LogP contribution in [0.1, 0.15) is 77.0 Å². The molecule has 1 saturated carbocycles. The number of carbonyl (C=O) groups excluding carboxylic acids is 1. The molecule has 1 spiro atoms. The first-order valence-electron chi connectivity index (χ1n) is 15.5. The molecule has 5 aliphatic rings. The number of fused-ring (bicyclic) bond motifs is 2. The molecule has 1 amide bonds. The van der Waals surface area contributed by atoms with Gasteiger partial charge in [-0.05, 0) is 75.9 Å². The molecule has 1 aliphatic carbocycles. The van der Waals surface area contributed by atoms with Crippen molar-refractivity contribution in [1.82, 2.24) is 20.9 Å². The second-order valence-electron chi connectivity index (χ2n) is 13.1. The van der Waals surface area contributed by atoms with E-state index in [2.05, 4.69) is 26.9 Å². The summed E-state index contributed by atoms with van der Waals surface area (Å²) < 4.78 is 6.66. The predicted octanol–water partition coefficient (Wildman–Crippen LogP) is 1.43. The van der Waals surface area contributed by atoms with Gasteiger partial charge >= 0.3 is 0 Å². The summed E-state index contributed by atoms with van der Waals surface area (Å²) >= 11 is 0. The Bertz CT molecular complexity index is 824. The van der Waals surface area contributed by atoms with Crippen LogP contribution in [0.2, 0.25) is 0 Å². The first-order chi connectivity index (χ1) is 18.5. The molecule has 38 heavy (non-hydrogen) atoms.